The Bertz CT molecular complexity index is 790. The summed E-state index contributed by atoms with van der Waals surface area (Å²) < 4.78 is 7.38. The highest BCUT2D eigenvalue weighted by Gasteiger charge is 2.07. The predicted molar refractivity (Wildman–Crippen MR) is 89.9 cm³/mol. The van der Waals surface area contributed by atoms with Crippen LogP contribution < -0.4 is 10.5 Å². The fourth-order valence-corrected chi connectivity index (χ4v) is 2.68. The number of fused-ring (bicyclic) bond motifs is 1. The highest BCUT2D eigenvalue weighted by atomic mass is 32.1. The highest BCUT2D eigenvalue weighted by Crippen LogP contribution is 2.22. The van der Waals surface area contributed by atoms with Crippen LogP contribution in [0.15, 0.2) is 54.7 Å². The van der Waals surface area contributed by atoms with Gasteiger partial charge in [0.05, 0.1) is 7.11 Å². The van der Waals surface area contributed by atoms with Gasteiger partial charge in [-0.1, -0.05) is 36.5 Å². The molecule has 0 aliphatic heterocycles. The molecule has 0 spiro atoms. The number of ether oxygens (including phenoxy) is 1. The summed E-state index contributed by atoms with van der Waals surface area (Å²) in [6.45, 7) is 0.800. The molecule has 4 heteroatoms. The summed E-state index contributed by atoms with van der Waals surface area (Å²) in [6.07, 6.45) is 2.07. The van der Waals surface area contributed by atoms with E-state index in [1.807, 2.05) is 24.3 Å². The van der Waals surface area contributed by atoms with Crippen molar-refractivity contribution in [3.63, 3.8) is 0 Å². The van der Waals surface area contributed by atoms with Gasteiger partial charge in [-0.3, -0.25) is 0 Å². The number of methoxy groups -OCH3 is 1. The Morgan fingerprint density at radius 1 is 1.14 bits per heavy atom. The molecule has 106 valence electrons. The first kappa shape index (κ1) is 13.6. The van der Waals surface area contributed by atoms with Crippen LogP contribution in [0.1, 0.15) is 11.1 Å². The zero-order valence-corrected chi connectivity index (χ0v) is 12.6. The minimum Gasteiger partial charge on any atom is -0.497 e. The van der Waals surface area contributed by atoms with Gasteiger partial charge >= 0.3 is 0 Å². The summed E-state index contributed by atoms with van der Waals surface area (Å²) in [5, 5.41) is 1.10. The van der Waals surface area contributed by atoms with E-state index in [1.54, 1.807) is 7.11 Å². The van der Waals surface area contributed by atoms with Gasteiger partial charge in [0.25, 0.3) is 0 Å². The van der Waals surface area contributed by atoms with Crippen molar-refractivity contribution in [2.45, 2.75) is 6.54 Å². The van der Waals surface area contributed by atoms with E-state index in [0.717, 1.165) is 28.8 Å². The van der Waals surface area contributed by atoms with Gasteiger partial charge < -0.3 is 15.0 Å². The second-order valence-corrected chi connectivity index (χ2v) is 5.33. The molecule has 2 N–H and O–H groups in total. The van der Waals surface area contributed by atoms with Crippen LogP contribution in [-0.4, -0.2) is 16.7 Å². The fraction of sp³-hybridized carbons (Fsp3) is 0.118. The second kappa shape index (κ2) is 5.58. The van der Waals surface area contributed by atoms with Crippen molar-refractivity contribution < 1.29 is 4.74 Å². The number of hydrogen-bond acceptors (Lipinski definition) is 2. The van der Waals surface area contributed by atoms with E-state index >= 15 is 0 Å². The summed E-state index contributed by atoms with van der Waals surface area (Å²) in [6, 6.07) is 16.2. The number of rotatable bonds is 4. The molecule has 0 saturated carbocycles. The van der Waals surface area contributed by atoms with Crippen molar-refractivity contribution in [1.82, 2.24) is 4.57 Å². The van der Waals surface area contributed by atoms with Crippen molar-refractivity contribution in [2.24, 2.45) is 5.73 Å². The first-order chi connectivity index (χ1) is 10.2. The third-order valence-electron chi connectivity index (χ3n) is 3.59. The lowest BCUT2D eigenvalue weighted by Gasteiger charge is -2.08. The normalized spacial score (nSPS) is 10.7. The second-order valence-electron chi connectivity index (χ2n) is 4.89. The number of aromatic nitrogens is 1. The van der Waals surface area contributed by atoms with Gasteiger partial charge in [-0.05, 0) is 29.8 Å². The zero-order valence-electron chi connectivity index (χ0n) is 11.7. The molecule has 21 heavy (non-hydrogen) atoms. The van der Waals surface area contributed by atoms with E-state index in [2.05, 4.69) is 35.0 Å². The summed E-state index contributed by atoms with van der Waals surface area (Å²) in [4.78, 5) is 0.433. The molecule has 0 aliphatic carbocycles. The Kier molecular flexibility index (Phi) is 3.62. The lowest BCUT2D eigenvalue weighted by atomic mass is 10.1. The smallest absolute Gasteiger partial charge is 0.118 e. The quantitative estimate of drug-likeness (QED) is 0.751. The van der Waals surface area contributed by atoms with Crippen molar-refractivity contribution in [2.75, 3.05) is 7.11 Å². The molecule has 1 heterocycles. The van der Waals surface area contributed by atoms with Crippen LogP contribution in [-0.2, 0) is 6.54 Å². The van der Waals surface area contributed by atoms with Crippen LogP contribution in [0.5, 0.6) is 5.75 Å². The Morgan fingerprint density at radius 3 is 2.57 bits per heavy atom. The van der Waals surface area contributed by atoms with Crippen LogP contribution >= 0.6 is 12.2 Å². The van der Waals surface area contributed by atoms with E-state index < -0.39 is 0 Å². The molecule has 3 aromatic rings. The van der Waals surface area contributed by atoms with Crippen molar-refractivity contribution in [3.8, 4) is 5.75 Å². The predicted octanol–water partition coefficient (Wildman–Crippen LogP) is 3.33. The molecule has 3 rings (SSSR count). The van der Waals surface area contributed by atoms with Crippen molar-refractivity contribution >= 4 is 28.1 Å². The number of benzene rings is 2. The molecular formula is C17H16N2OS. The average molecular weight is 296 g/mol. The van der Waals surface area contributed by atoms with Crippen LogP contribution in [0.3, 0.4) is 0 Å². The Labute approximate surface area is 128 Å². The molecule has 0 unspecified atom stereocenters. The number of nitrogens with zero attached hydrogens (tertiary/aromatic N) is 1. The molecule has 0 bridgehead atoms. The first-order valence-electron chi connectivity index (χ1n) is 6.69. The molecule has 0 atom stereocenters. The molecule has 3 nitrogen and oxygen atoms in total. The van der Waals surface area contributed by atoms with E-state index in [-0.39, 0.29) is 0 Å². The monoisotopic (exact) mass is 296 g/mol. The Balaban J connectivity index is 1.97. The zero-order chi connectivity index (χ0) is 14.8. The molecule has 1 aromatic heterocycles. The van der Waals surface area contributed by atoms with Gasteiger partial charge in [0.2, 0.25) is 0 Å². The third-order valence-corrected chi connectivity index (χ3v) is 3.81. The van der Waals surface area contributed by atoms with Gasteiger partial charge in [-0.15, -0.1) is 0 Å². The lowest BCUT2D eigenvalue weighted by molar-refractivity contribution is 0.414. The molecule has 0 amide bonds. The van der Waals surface area contributed by atoms with E-state index in [0.29, 0.717) is 4.99 Å². The minimum absolute atomic E-state index is 0.433. The maximum absolute atomic E-state index is 5.78. The largest absolute Gasteiger partial charge is 0.497 e. The van der Waals surface area contributed by atoms with Gasteiger partial charge in [0.15, 0.2) is 0 Å². The first-order valence-corrected chi connectivity index (χ1v) is 7.10. The van der Waals surface area contributed by atoms with Crippen LogP contribution in [0.2, 0.25) is 0 Å². The summed E-state index contributed by atoms with van der Waals surface area (Å²) in [5.41, 5.74) is 9.06. The van der Waals surface area contributed by atoms with Gasteiger partial charge in [0, 0.05) is 29.2 Å². The maximum Gasteiger partial charge on any atom is 0.118 e. The van der Waals surface area contributed by atoms with Crippen LogP contribution in [0.4, 0.5) is 0 Å². The van der Waals surface area contributed by atoms with Crippen molar-refractivity contribution in [3.05, 3.63) is 65.9 Å². The molecular weight excluding hydrogens is 280 g/mol. The van der Waals surface area contributed by atoms with E-state index in [9.17, 15) is 0 Å². The Hall–Kier alpha value is -2.33. The van der Waals surface area contributed by atoms with Crippen LogP contribution in [0.25, 0.3) is 10.9 Å². The third kappa shape index (κ3) is 2.62. The average Bonchev–Trinajstić information content (AvgIpc) is 2.91. The summed E-state index contributed by atoms with van der Waals surface area (Å²) in [5.74, 6) is 0.867. The number of nitrogens with two attached hydrogens (primary N) is 1. The fourth-order valence-electron chi connectivity index (χ4n) is 2.50. The standard InChI is InChI=1S/C17H16N2OS/c1-20-13-7-5-12(6-8-13)11-19-10-9-14-15(17(18)21)3-2-4-16(14)19/h2-10H,11H2,1H3,(H2,18,21). The topological polar surface area (TPSA) is 40.2 Å². The number of thiocarbonyl (C=S) groups is 1. The number of hydrogen-bond donors (Lipinski definition) is 1. The summed E-state index contributed by atoms with van der Waals surface area (Å²) >= 11 is 5.11. The minimum atomic E-state index is 0.433. The SMILES string of the molecule is COc1ccc(Cn2ccc3c(C(N)=S)cccc32)cc1. The lowest BCUT2D eigenvalue weighted by Crippen LogP contribution is -2.09. The maximum atomic E-state index is 5.78. The molecule has 0 radical (unpaired) electrons. The summed E-state index contributed by atoms with van der Waals surface area (Å²) in [7, 11) is 1.67. The van der Waals surface area contributed by atoms with Crippen molar-refractivity contribution in [1.29, 1.82) is 0 Å². The Morgan fingerprint density at radius 2 is 1.90 bits per heavy atom. The van der Waals surface area contributed by atoms with Gasteiger partial charge in [0.1, 0.15) is 10.7 Å². The molecule has 2 aromatic carbocycles. The molecule has 0 saturated heterocycles. The van der Waals surface area contributed by atoms with E-state index in [1.165, 1.54) is 5.56 Å². The van der Waals surface area contributed by atoms with Gasteiger partial charge in [-0.25, -0.2) is 0 Å². The van der Waals surface area contributed by atoms with Gasteiger partial charge in [-0.2, -0.15) is 0 Å². The highest BCUT2D eigenvalue weighted by molar-refractivity contribution is 7.80. The van der Waals surface area contributed by atoms with E-state index in [4.69, 9.17) is 22.7 Å². The van der Waals surface area contributed by atoms with Crippen LogP contribution in [0, 0.1) is 0 Å². The molecule has 0 aliphatic rings. The molecule has 0 fully saturated rings.